The fraction of sp³-hybridized carbons (Fsp3) is 0.214. The zero-order chi connectivity index (χ0) is 14.8. The minimum Gasteiger partial charge on any atom is -0.482 e. The summed E-state index contributed by atoms with van der Waals surface area (Å²) in [6.07, 6.45) is 0.162. The number of nitrogens with one attached hydrogen (secondary N) is 2. The second-order valence-electron chi connectivity index (χ2n) is 4.72. The molecule has 1 aromatic heterocycles. The van der Waals surface area contributed by atoms with Gasteiger partial charge in [-0.15, -0.1) is 0 Å². The average Bonchev–Trinajstić information content (AvgIpc) is 2.83. The van der Waals surface area contributed by atoms with Crippen LogP contribution in [-0.4, -0.2) is 23.6 Å². The Morgan fingerprint density at radius 1 is 1.43 bits per heavy atom. The second kappa shape index (κ2) is 5.28. The number of anilines is 2. The van der Waals surface area contributed by atoms with Crippen LogP contribution in [0.4, 0.5) is 11.5 Å². The number of nitrogens with zero attached hydrogens (tertiary/aromatic N) is 1. The van der Waals surface area contributed by atoms with E-state index in [1.54, 1.807) is 31.2 Å². The van der Waals surface area contributed by atoms with Crippen LogP contribution < -0.4 is 15.4 Å². The molecule has 0 radical (unpaired) electrons. The van der Waals surface area contributed by atoms with Crippen LogP contribution in [-0.2, 0) is 16.0 Å². The SMILES string of the molecule is Cc1cc(NC(=O)Cc2ccc3c(c2)NC(=O)CO3)no1. The summed E-state index contributed by atoms with van der Waals surface area (Å²) in [4.78, 5) is 23.2. The lowest BCUT2D eigenvalue weighted by atomic mass is 10.1. The van der Waals surface area contributed by atoms with Crippen LogP contribution >= 0.6 is 0 Å². The molecule has 108 valence electrons. The molecule has 1 aliphatic heterocycles. The smallest absolute Gasteiger partial charge is 0.262 e. The van der Waals surface area contributed by atoms with E-state index in [0.29, 0.717) is 23.0 Å². The van der Waals surface area contributed by atoms with Crippen LogP contribution in [0.1, 0.15) is 11.3 Å². The first-order valence-electron chi connectivity index (χ1n) is 6.39. The van der Waals surface area contributed by atoms with Crippen molar-refractivity contribution in [2.45, 2.75) is 13.3 Å². The number of fused-ring (bicyclic) bond motifs is 1. The topological polar surface area (TPSA) is 93.5 Å². The number of ether oxygens (including phenoxy) is 1. The van der Waals surface area contributed by atoms with E-state index >= 15 is 0 Å². The molecule has 7 nitrogen and oxygen atoms in total. The van der Waals surface area contributed by atoms with Crippen LogP contribution in [0.25, 0.3) is 0 Å². The fourth-order valence-electron chi connectivity index (χ4n) is 2.04. The number of carbonyl (C=O) groups is 2. The summed E-state index contributed by atoms with van der Waals surface area (Å²) < 4.78 is 10.1. The Morgan fingerprint density at radius 2 is 2.29 bits per heavy atom. The van der Waals surface area contributed by atoms with Crippen molar-refractivity contribution in [3.63, 3.8) is 0 Å². The van der Waals surface area contributed by atoms with Gasteiger partial charge in [0.15, 0.2) is 12.4 Å². The van der Waals surface area contributed by atoms with E-state index in [2.05, 4.69) is 15.8 Å². The van der Waals surface area contributed by atoms with Crippen molar-refractivity contribution >= 4 is 23.3 Å². The summed E-state index contributed by atoms with van der Waals surface area (Å²) >= 11 is 0. The van der Waals surface area contributed by atoms with Gasteiger partial charge in [-0.25, -0.2) is 0 Å². The first-order valence-corrected chi connectivity index (χ1v) is 6.39. The normalized spacial score (nSPS) is 13.1. The lowest BCUT2D eigenvalue weighted by Gasteiger charge is -2.18. The highest BCUT2D eigenvalue weighted by Gasteiger charge is 2.16. The summed E-state index contributed by atoms with van der Waals surface area (Å²) in [5.74, 6) is 1.19. The summed E-state index contributed by atoms with van der Waals surface area (Å²) in [6, 6.07) is 6.88. The number of amides is 2. The standard InChI is InChI=1S/C14H13N3O4/c1-8-4-12(17-21-8)16-13(18)6-9-2-3-11-10(5-9)15-14(19)7-20-11/h2-5H,6-7H2,1H3,(H,15,19)(H,16,17,18). The molecule has 0 fully saturated rings. The van der Waals surface area contributed by atoms with Gasteiger partial charge in [0.1, 0.15) is 11.5 Å². The Morgan fingerprint density at radius 3 is 3.05 bits per heavy atom. The summed E-state index contributed by atoms with van der Waals surface area (Å²) in [5, 5.41) is 9.03. The third-order valence-corrected chi connectivity index (χ3v) is 2.94. The molecule has 0 saturated carbocycles. The lowest BCUT2D eigenvalue weighted by Crippen LogP contribution is -2.25. The molecule has 2 aromatic rings. The fourth-order valence-corrected chi connectivity index (χ4v) is 2.04. The third-order valence-electron chi connectivity index (χ3n) is 2.94. The molecule has 0 aliphatic carbocycles. The maximum absolute atomic E-state index is 11.9. The van der Waals surface area contributed by atoms with Gasteiger partial charge < -0.3 is 19.9 Å². The first kappa shape index (κ1) is 13.2. The summed E-state index contributed by atoms with van der Waals surface area (Å²) in [6.45, 7) is 1.76. The Labute approximate surface area is 120 Å². The molecule has 2 amide bonds. The van der Waals surface area contributed by atoms with Gasteiger partial charge in [-0.2, -0.15) is 0 Å². The molecule has 7 heteroatoms. The average molecular weight is 287 g/mol. The van der Waals surface area contributed by atoms with Crippen molar-refractivity contribution in [1.29, 1.82) is 0 Å². The van der Waals surface area contributed by atoms with Gasteiger partial charge in [0.2, 0.25) is 5.91 Å². The van der Waals surface area contributed by atoms with Crippen LogP contribution in [0.15, 0.2) is 28.8 Å². The van der Waals surface area contributed by atoms with Gasteiger partial charge in [0.25, 0.3) is 5.91 Å². The molecule has 2 heterocycles. The van der Waals surface area contributed by atoms with Gasteiger partial charge in [-0.05, 0) is 24.6 Å². The quantitative estimate of drug-likeness (QED) is 0.892. The van der Waals surface area contributed by atoms with E-state index in [0.717, 1.165) is 5.56 Å². The zero-order valence-corrected chi connectivity index (χ0v) is 11.3. The lowest BCUT2D eigenvalue weighted by molar-refractivity contribution is -0.118. The Hall–Kier alpha value is -2.83. The Balaban J connectivity index is 1.68. The maximum Gasteiger partial charge on any atom is 0.262 e. The predicted molar refractivity (Wildman–Crippen MR) is 74.1 cm³/mol. The highest BCUT2D eigenvalue weighted by molar-refractivity contribution is 5.96. The minimum absolute atomic E-state index is 0.0122. The van der Waals surface area contributed by atoms with Gasteiger partial charge in [0, 0.05) is 6.07 Å². The van der Waals surface area contributed by atoms with E-state index in [-0.39, 0.29) is 24.8 Å². The van der Waals surface area contributed by atoms with E-state index in [9.17, 15) is 9.59 Å². The molecule has 1 aliphatic rings. The number of carbonyl (C=O) groups excluding carboxylic acids is 2. The Kier molecular flexibility index (Phi) is 3.31. The van der Waals surface area contributed by atoms with E-state index in [4.69, 9.17) is 9.26 Å². The highest BCUT2D eigenvalue weighted by Crippen LogP contribution is 2.28. The third kappa shape index (κ3) is 3.02. The van der Waals surface area contributed by atoms with Crippen molar-refractivity contribution in [2.75, 3.05) is 17.2 Å². The number of aryl methyl sites for hydroxylation is 1. The molecule has 0 spiro atoms. The van der Waals surface area contributed by atoms with Gasteiger partial charge in [-0.3, -0.25) is 9.59 Å². The number of rotatable bonds is 3. The van der Waals surface area contributed by atoms with Crippen molar-refractivity contribution in [3.8, 4) is 5.75 Å². The van der Waals surface area contributed by atoms with Gasteiger partial charge in [0.05, 0.1) is 12.1 Å². The van der Waals surface area contributed by atoms with Crippen LogP contribution in [0.5, 0.6) is 5.75 Å². The highest BCUT2D eigenvalue weighted by atomic mass is 16.5. The van der Waals surface area contributed by atoms with E-state index in [1.165, 1.54) is 0 Å². The molecular weight excluding hydrogens is 274 g/mol. The molecule has 2 N–H and O–H groups in total. The molecule has 3 rings (SSSR count). The number of hydrogen-bond donors (Lipinski definition) is 2. The molecule has 0 atom stereocenters. The zero-order valence-electron chi connectivity index (χ0n) is 11.3. The van der Waals surface area contributed by atoms with Crippen LogP contribution in [0, 0.1) is 6.92 Å². The van der Waals surface area contributed by atoms with E-state index < -0.39 is 0 Å². The second-order valence-corrected chi connectivity index (χ2v) is 4.72. The summed E-state index contributed by atoms with van der Waals surface area (Å²) in [7, 11) is 0. The number of benzene rings is 1. The number of hydrogen-bond acceptors (Lipinski definition) is 5. The molecule has 0 unspecified atom stereocenters. The van der Waals surface area contributed by atoms with Gasteiger partial charge in [-0.1, -0.05) is 11.2 Å². The minimum atomic E-state index is -0.216. The largest absolute Gasteiger partial charge is 0.482 e. The van der Waals surface area contributed by atoms with Crippen molar-refractivity contribution in [1.82, 2.24) is 5.16 Å². The van der Waals surface area contributed by atoms with Gasteiger partial charge >= 0.3 is 0 Å². The van der Waals surface area contributed by atoms with E-state index in [1.807, 2.05) is 0 Å². The molecule has 1 aromatic carbocycles. The molecule has 0 saturated heterocycles. The molecule has 0 bridgehead atoms. The van der Waals surface area contributed by atoms with Crippen LogP contribution in [0.2, 0.25) is 0 Å². The monoisotopic (exact) mass is 287 g/mol. The predicted octanol–water partition coefficient (Wildman–Crippen LogP) is 1.50. The first-order chi connectivity index (χ1) is 10.1. The van der Waals surface area contributed by atoms with Crippen molar-refractivity contribution in [3.05, 3.63) is 35.6 Å². The number of aromatic nitrogens is 1. The molecule has 21 heavy (non-hydrogen) atoms. The Bertz CT molecular complexity index is 708. The van der Waals surface area contributed by atoms with Crippen molar-refractivity contribution in [2.24, 2.45) is 0 Å². The summed E-state index contributed by atoms with van der Waals surface area (Å²) in [5.41, 5.74) is 1.34. The molecular formula is C14H13N3O4. The van der Waals surface area contributed by atoms with Crippen LogP contribution in [0.3, 0.4) is 0 Å². The maximum atomic E-state index is 11.9. The van der Waals surface area contributed by atoms with Crippen molar-refractivity contribution < 1.29 is 18.8 Å².